The molecule has 0 atom stereocenters. The Morgan fingerprint density at radius 3 is 2.52 bits per heavy atom. The van der Waals surface area contributed by atoms with E-state index in [0.717, 1.165) is 10.0 Å². The molecule has 3 N–H and O–H groups in total. The molecule has 0 radical (unpaired) electrons. The fourth-order valence-corrected chi connectivity index (χ4v) is 2.09. The SMILES string of the molecule is CN=C(NCC(=O)NC(C)(C)C)NCc1cc(F)ccc1Br.I. The zero-order chi connectivity index (χ0) is 16.8. The Morgan fingerprint density at radius 2 is 1.96 bits per heavy atom. The predicted molar refractivity (Wildman–Crippen MR) is 106 cm³/mol. The van der Waals surface area contributed by atoms with Crippen LogP contribution in [0.15, 0.2) is 27.7 Å². The van der Waals surface area contributed by atoms with Crippen LogP contribution >= 0.6 is 39.9 Å². The van der Waals surface area contributed by atoms with Crippen molar-refractivity contribution in [3.63, 3.8) is 0 Å². The lowest BCUT2D eigenvalue weighted by Crippen LogP contribution is -2.48. The number of aliphatic imine (C=N–C) groups is 1. The van der Waals surface area contributed by atoms with Crippen LogP contribution in [0.3, 0.4) is 0 Å². The van der Waals surface area contributed by atoms with Gasteiger partial charge in [-0.25, -0.2) is 4.39 Å². The van der Waals surface area contributed by atoms with Crippen molar-refractivity contribution in [2.45, 2.75) is 32.9 Å². The number of hydrogen-bond donors (Lipinski definition) is 3. The van der Waals surface area contributed by atoms with Gasteiger partial charge in [-0.05, 0) is 44.5 Å². The van der Waals surface area contributed by atoms with Gasteiger partial charge in [-0.1, -0.05) is 15.9 Å². The molecule has 0 heterocycles. The van der Waals surface area contributed by atoms with Crippen LogP contribution in [0.1, 0.15) is 26.3 Å². The summed E-state index contributed by atoms with van der Waals surface area (Å²) in [6.45, 7) is 6.25. The Hall–Kier alpha value is -0.900. The molecule has 0 saturated heterocycles. The molecule has 0 aliphatic carbocycles. The third-order valence-electron chi connectivity index (χ3n) is 2.61. The molecule has 0 fully saturated rings. The summed E-state index contributed by atoms with van der Waals surface area (Å²) in [5.41, 5.74) is 0.490. The van der Waals surface area contributed by atoms with Gasteiger partial charge in [0.25, 0.3) is 0 Å². The molecule has 130 valence electrons. The summed E-state index contributed by atoms with van der Waals surface area (Å²) >= 11 is 3.37. The topological polar surface area (TPSA) is 65.5 Å². The molecule has 0 saturated carbocycles. The van der Waals surface area contributed by atoms with E-state index in [2.05, 4.69) is 36.9 Å². The fourth-order valence-electron chi connectivity index (χ4n) is 1.70. The highest BCUT2D eigenvalue weighted by molar-refractivity contribution is 14.0. The Bertz CT molecular complexity index is 561. The molecule has 0 bridgehead atoms. The highest BCUT2D eigenvalue weighted by Crippen LogP contribution is 2.17. The smallest absolute Gasteiger partial charge is 0.239 e. The molecule has 1 aromatic rings. The molecule has 5 nitrogen and oxygen atoms in total. The lowest BCUT2D eigenvalue weighted by Gasteiger charge is -2.21. The van der Waals surface area contributed by atoms with Gasteiger partial charge in [0, 0.05) is 23.6 Å². The van der Waals surface area contributed by atoms with Crippen LogP contribution in [0.25, 0.3) is 0 Å². The van der Waals surface area contributed by atoms with Crippen molar-refractivity contribution in [1.82, 2.24) is 16.0 Å². The number of amides is 1. The molecule has 1 rings (SSSR count). The van der Waals surface area contributed by atoms with Gasteiger partial charge in [0.15, 0.2) is 5.96 Å². The maximum atomic E-state index is 13.2. The summed E-state index contributed by atoms with van der Waals surface area (Å²) in [7, 11) is 1.61. The predicted octanol–water partition coefficient (Wildman–Crippen LogP) is 2.79. The standard InChI is InChI=1S/C15H22BrFN4O.HI/c1-15(2,3)21-13(22)9-20-14(18-4)19-8-10-7-11(17)5-6-12(10)16;/h5-7H,8-9H2,1-4H3,(H,21,22)(H2,18,19,20);1H. The van der Waals surface area contributed by atoms with Crippen molar-refractivity contribution in [3.05, 3.63) is 34.1 Å². The van der Waals surface area contributed by atoms with E-state index in [0.29, 0.717) is 12.5 Å². The van der Waals surface area contributed by atoms with Crippen LogP contribution < -0.4 is 16.0 Å². The molecule has 0 aliphatic rings. The Labute approximate surface area is 162 Å². The minimum atomic E-state index is -0.299. The van der Waals surface area contributed by atoms with Gasteiger partial charge in [0.05, 0.1) is 6.54 Å². The van der Waals surface area contributed by atoms with Gasteiger partial charge in [0.1, 0.15) is 5.82 Å². The van der Waals surface area contributed by atoms with Crippen molar-refractivity contribution in [2.75, 3.05) is 13.6 Å². The van der Waals surface area contributed by atoms with E-state index in [1.807, 2.05) is 20.8 Å². The maximum absolute atomic E-state index is 13.2. The van der Waals surface area contributed by atoms with Crippen molar-refractivity contribution in [2.24, 2.45) is 4.99 Å². The van der Waals surface area contributed by atoms with Crippen molar-refractivity contribution in [3.8, 4) is 0 Å². The molecule has 23 heavy (non-hydrogen) atoms. The summed E-state index contributed by atoms with van der Waals surface area (Å²) in [6, 6.07) is 4.48. The van der Waals surface area contributed by atoms with E-state index in [1.54, 1.807) is 13.1 Å². The molecule has 0 spiro atoms. The summed E-state index contributed by atoms with van der Waals surface area (Å²) in [6.07, 6.45) is 0. The number of nitrogens with zero attached hydrogens (tertiary/aromatic N) is 1. The average molecular weight is 501 g/mol. The van der Waals surface area contributed by atoms with Crippen molar-refractivity contribution < 1.29 is 9.18 Å². The zero-order valence-corrected chi connectivity index (χ0v) is 17.6. The number of benzene rings is 1. The first-order valence-corrected chi connectivity index (χ1v) is 7.70. The van der Waals surface area contributed by atoms with E-state index in [1.165, 1.54) is 12.1 Å². The van der Waals surface area contributed by atoms with Crippen LogP contribution in [-0.2, 0) is 11.3 Å². The van der Waals surface area contributed by atoms with E-state index in [9.17, 15) is 9.18 Å². The van der Waals surface area contributed by atoms with Gasteiger partial charge < -0.3 is 16.0 Å². The number of guanidine groups is 1. The third-order valence-corrected chi connectivity index (χ3v) is 3.38. The molecule has 0 aromatic heterocycles. The highest BCUT2D eigenvalue weighted by Gasteiger charge is 2.13. The maximum Gasteiger partial charge on any atom is 0.239 e. The van der Waals surface area contributed by atoms with Crippen molar-refractivity contribution >= 4 is 51.8 Å². The first kappa shape index (κ1) is 22.1. The summed E-state index contributed by atoms with van der Waals surface area (Å²) < 4.78 is 14.0. The Kier molecular flexibility index (Phi) is 9.67. The fraction of sp³-hybridized carbons (Fsp3) is 0.467. The van der Waals surface area contributed by atoms with Crippen LogP contribution in [0.5, 0.6) is 0 Å². The van der Waals surface area contributed by atoms with Gasteiger partial charge in [-0.3, -0.25) is 9.79 Å². The summed E-state index contributed by atoms with van der Waals surface area (Å²) in [5, 5.41) is 8.80. The second-order valence-electron chi connectivity index (χ2n) is 5.81. The Morgan fingerprint density at radius 1 is 1.30 bits per heavy atom. The minimum Gasteiger partial charge on any atom is -0.352 e. The number of carbonyl (C=O) groups is 1. The van der Waals surface area contributed by atoms with Crippen LogP contribution in [-0.4, -0.2) is 31.0 Å². The molecule has 1 aromatic carbocycles. The normalized spacial score (nSPS) is 11.5. The number of carbonyl (C=O) groups excluding carboxylic acids is 1. The van der Waals surface area contributed by atoms with Crippen LogP contribution in [0, 0.1) is 5.82 Å². The zero-order valence-electron chi connectivity index (χ0n) is 13.7. The number of hydrogen-bond acceptors (Lipinski definition) is 2. The quantitative estimate of drug-likeness (QED) is 0.338. The van der Waals surface area contributed by atoms with Gasteiger partial charge in [-0.15, -0.1) is 24.0 Å². The van der Waals surface area contributed by atoms with E-state index in [-0.39, 0.29) is 47.8 Å². The van der Waals surface area contributed by atoms with Gasteiger partial charge in [0.2, 0.25) is 5.91 Å². The highest BCUT2D eigenvalue weighted by atomic mass is 127. The summed E-state index contributed by atoms with van der Waals surface area (Å²) in [4.78, 5) is 15.8. The molecule has 0 unspecified atom stereocenters. The minimum absolute atomic E-state index is 0. The monoisotopic (exact) mass is 500 g/mol. The molecule has 0 aliphatic heterocycles. The van der Waals surface area contributed by atoms with E-state index >= 15 is 0 Å². The number of halogens is 3. The number of rotatable bonds is 4. The van der Waals surface area contributed by atoms with Crippen LogP contribution in [0.4, 0.5) is 4.39 Å². The van der Waals surface area contributed by atoms with Gasteiger partial charge >= 0.3 is 0 Å². The Balaban J connectivity index is 0.00000484. The van der Waals surface area contributed by atoms with Gasteiger partial charge in [-0.2, -0.15) is 0 Å². The lowest BCUT2D eigenvalue weighted by molar-refractivity contribution is -0.121. The molecule has 8 heteroatoms. The largest absolute Gasteiger partial charge is 0.352 e. The molecule has 1 amide bonds. The average Bonchev–Trinajstić information content (AvgIpc) is 2.40. The first-order chi connectivity index (χ1) is 10.2. The third kappa shape index (κ3) is 9.09. The summed E-state index contributed by atoms with van der Waals surface area (Å²) in [5.74, 6) is 0.0510. The number of nitrogens with one attached hydrogen (secondary N) is 3. The van der Waals surface area contributed by atoms with E-state index in [4.69, 9.17) is 0 Å². The van der Waals surface area contributed by atoms with Crippen LogP contribution in [0.2, 0.25) is 0 Å². The molecular formula is C15H23BrFIN4O. The second kappa shape index (κ2) is 10.1. The van der Waals surface area contributed by atoms with E-state index < -0.39 is 0 Å². The second-order valence-corrected chi connectivity index (χ2v) is 6.67. The van der Waals surface area contributed by atoms with Crippen molar-refractivity contribution in [1.29, 1.82) is 0 Å². The molecular weight excluding hydrogens is 478 g/mol. The lowest BCUT2D eigenvalue weighted by atomic mass is 10.1. The first-order valence-electron chi connectivity index (χ1n) is 6.91.